The van der Waals surface area contributed by atoms with Gasteiger partial charge in [-0.2, -0.15) is 0 Å². The molecule has 3 nitrogen and oxygen atoms in total. The van der Waals surface area contributed by atoms with Gasteiger partial charge >= 0.3 is 0 Å². The number of para-hydroxylation sites is 1. The predicted octanol–water partition coefficient (Wildman–Crippen LogP) is 3.52. The van der Waals surface area contributed by atoms with Crippen molar-refractivity contribution in [3.05, 3.63) is 52.6 Å². The Balaban J connectivity index is 1.62. The molecule has 3 rings (SSSR count). The molecule has 1 unspecified atom stereocenters. The summed E-state index contributed by atoms with van der Waals surface area (Å²) < 4.78 is 0. The van der Waals surface area contributed by atoms with Crippen molar-refractivity contribution >= 4 is 22.2 Å². The molecule has 19 heavy (non-hydrogen) atoms. The number of aromatic amines is 1. The van der Waals surface area contributed by atoms with E-state index in [1.54, 1.807) is 11.3 Å². The van der Waals surface area contributed by atoms with Crippen LogP contribution in [-0.4, -0.2) is 16.5 Å². The van der Waals surface area contributed by atoms with Gasteiger partial charge in [0.2, 0.25) is 0 Å². The second-order valence-electron chi connectivity index (χ2n) is 4.76. The normalized spacial score (nSPS) is 12.9. The van der Waals surface area contributed by atoms with E-state index in [0.717, 1.165) is 13.1 Å². The van der Waals surface area contributed by atoms with Gasteiger partial charge in [-0.1, -0.05) is 25.1 Å². The van der Waals surface area contributed by atoms with Gasteiger partial charge in [0.05, 0.1) is 5.01 Å². The van der Waals surface area contributed by atoms with Crippen LogP contribution in [0.4, 0.5) is 0 Å². The van der Waals surface area contributed by atoms with E-state index < -0.39 is 0 Å². The number of aromatic nitrogens is 2. The fourth-order valence-corrected chi connectivity index (χ4v) is 2.98. The molecule has 0 bridgehead atoms. The zero-order chi connectivity index (χ0) is 13.1. The van der Waals surface area contributed by atoms with E-state index in [1.807, 2.05) is 17.8 Å². The number of nitrogens with one attached hydrogen (secondary N) is 2. The van der Waals surface area contributed by atoms with E-state index in [2.05, 4.69) is 46.5 Å². The molecule has 0 radical (unpaired) electrons. The summed E-state index contributed by atoms with van der Waals surface area (Å²) in [4.78, 5) is 7.66. The molecule has 0 saturated carbocycles. The Hall–Kier alpha value is -1.65. The summed E-state index contributed by atoms with van der Waals surface area (Å²) in [6.45, 7) is 4.04. The third-order valence-corrected chi connectivity index (χ3v) is 4.32. The molecule has 4 heteroatoms. The van der Waals surface area contributed by atoms with Crippen LogP contribution in [0.25, 0.3) is 10.9 Å². The van der Waals surface area contributed by atoms with Gasteiger partial charge in [0, 0.05) is 42.3 Å². The predicted molar refractivity (Wildman–Crippen MR) is 80.5 cm³/mol. The first-order chi connectivity index (χ1) is 9.34. The Kier molecular flexibility index (Phi) is 3.62. The number of fused-ring (bicyclic) bond motifs is 1. The minimum atomic E-state index is 0.461. The molecule has 0 spiro atoms. The third-order valence-electron chi connectivity index (χ3n) is 3.31. The van der Waals surface area contributed by atoms with E-state index in [-0.39, 0.29) is 0 Å². The number of hydrogen-bond acceptors (Lipinski definition) is 3. The molecule has 0 aliphatic heterocycles. The molecule has 98 valence electrons. The van der Waals surface area contributed by atoms with Gasteiger partial charge < -0.3 is 10.3 Å². The van der Waals surface area contributed by atoms with E-state index >= 15 is 0 Å². The van der Waals surface area contributed by atoms with Gasteiger partial charge in [0.1, 0.15) is 0 Å². The molecule has 1 atom stereocenters. The first-order valence-electron chi connectivity index (χ1n) is 6.49. The average molecular weight is 271 g/mol. The monoisotopic (exact) mass is 271 g/mol. The zero-order valence-corrected chi connectivity index (χ0v) is 11.7. The third kappa shape index (κ3) is 2.69. The summed E-state index contributed by atoms with van der Waals surface area (Å²) in [5.41, 5.74) is 2.55. The van der Waals surface area contributed by atoms with Crippen LogP contribution in [0, 0.1) is 0 Å². The quantitative estimate of drug-likeness (QED) is 0.745. The molecule has 2 N–H and O–H groups in total. The minimum Gasteiger partial charge on any atom is -0.361 e. The molecule has 2 aromatic heterocycles. The Morgan fingerprint density at radius 1 is 1.37 bits per heavy atom. The lowest BCUT2D eigenvalue weighted by Crippen LogP contribution is -2.19. The maximum Gasteiger partial charge on any atom is 0.0965 e. The first-order valence-corrected chi connectivity index (χ1v) is 7.37. The van der Waals surface area contributed by atoms with Crippen molar-refractivity contribution in [2.75, 3.05) is 6.54 Å². The summed E-state index contributed by atoms with van der Waals surface area (Å²) in [5, 5.41) is 8.02. The Bertz CT molecular complexity index is 642. The highest BCUT2D eigenvalue weighted by Crippen LogP contribution is 2.18. The van der Waals surface area contributed by atoms with Gasteiger partial charge in [0.25, 0.3) is 0 Å². The van der Waals surface area contributed by atoms with Gasteiger partial charge in [-0.05, 0) is 17.0 Å². The minimum absolute atomic E-state index is 0.461. The van der Waals surface area contributed by atoms with Crippen molar-refractivity contribution < 1.29 is 0 Å². The lowest BCUT2D eigenvalue weighted by molar-refractivity contribution is 0.614. The van der Waals surface area contributed by atoms with E-state index in [0.29, 0.717) is 5.92 Å². The molecule has 3 aromatic rings. The largest absolute Gasteiger partial charge is 0.361 e. The lowest BCUT2D eigenvalue weighted by Gasteiger charge is -2.10. The number of hydrogen-bond donors (Lipinski definition) is 2. The van der Waals surface area contributed by atoms with Crippen molar-refractivity contribution in [2.24, 2.45) is 0 Å². The van der Waals surface area contributed by atoms with Crippen LogP contribution in [0.15, 0.2) is 42.0 Å². The molecule has 1 aromatic carbocycles. The lowest BCUT2D eigenvalue weighted by atomic mass is 10.1. The molecule has 0 saturated heterocycles. The van der Waals surface area contributed by atoms with Crippen LogP contribution in [0.5, 0.6) is 0 Å². The van der Waals surface area contributed by atoms with Crippen LogP contribution >= 0.6 is 11.3 Å². The SMILES string of the molecule is CC(CNCc1cccc2cc[nH]c12)c1nccs1. The van der Waals surface area contributed by atoms with Crippen LogP contribution < -0.4 is 5.32 Å². The van der Waals surface area contributed by atoms with E-state index in [9.17, 15) is 0 Å². The molecule has 2 heterocycles. The second-order valence-corrected chi connectivity index (χ2v) is 5.69. The van der Waals surface area contributed by atoms with Crippen LogP contribution in [0.1, 0.15) is 23.4 Å². The molecular weight excluding hydrogens is 254 g/mol. The molecule has 0 fully saturated rings. The smallest absolute Gasteiger partial charge is 0.0965 e. The molecule has 0 aliphatic rings. The molecule has 0 amide bonds. The Labute approximate surface area is 116 Å². The molecule has 0 aliphatic carbocycles. The van der Waals surface area contributed by atoms with E-state index in [1.165, 1.54) is 21.5 Å². The Morgan fingerprint density at radius 2 is 2.32 bits per heavy atom. The van der Waals surface area contributed by atoms with Gasteiger partial charge in [-0.3, -0.25) is 0 Å². The van der Waals surface area contributed by atoms with Crippen LogP contribution in [0.2, 0.25) is 0 Å². The standard InChI is InChI=1S/C15H17N3S/c1-11(15-18-7-8-19-15)9-16-10-13-4-2-3-12-5-6-17-14(12)13/h2-8,11,16-17H,9-10H2,1H3. The van der Waals surface area contributed by atoms with Crippen LogP contribution in [-0.2, 0) is 6.54 Å². The van der Waals surface area contributed by atoms with Crippen molar-refractivity contribution in [3.63, 3.8) is 0 Å². The number of nitrogens with zero attached hydrogens (tertiary/aromatic N) is 1. The fourth-order valence-electron chi connectivity index (χ4n) is 2.29. The highest BCUT2D eigenvalue weighted by Gasteiger charge is 2.08. The van der Waals surface area contributed by atoms with Crippen molar-refractivity contribution in [2.45, 2.75) is 19.4 Å². The molecular formula is C15H17N3S. The van der Waals surface area contributed by atoms with Gasteiger partial charge in [-0.25, -0.2) is 4.98 Å². The highest BCUT2D eigenvalue weighted by atomic mass is 32.1. The Morgan fingerprint density at radius 3 is 3.16 bits per heavy atom. The topological polar surface area (TPSA) is 40.7 Å². The van der Waals surface area contributed by atoms with Crippen molar-refractivity contribution in [3.8, 4) is 0 Å². The van der Waals surface area contributed by atoms with E-state index in [4.69, 9.17) is 0 Å². The van der Waals surface area contributed by atoms with Crippen LogP contribution in [0.3, 0.4) is 0 Å². The summed E-state index contributed by atoms with van der Waals surface area (Å²) in [5.74, 6) is 0.461. The summed E-state index contributed by atoms with van der Waals surface area (Å²) in [6.07, 6.45) is 3.86. The average Bonchev–Trinajstić information content (AvgIpc) is 3.10. The summed E-state index contributed by atoms with van der Waals surface area (Å²) in [7, 11) is 0. The zero-order valence-electron chi connectivity index (χ0n) is 10.9. The van der Waals surface area contributed by atoms with Gasteiger partial charge in [0.15, 0.2) is 0 Å². The number of thiazole rings is 1. The van der Waals surface area contributed by atoms with Crippen molar-refractivity contribution in [1.29, 1.82) is 0 Å². The van der Waals surface area contributed by atoms with Crippen molar-refractivity contribution in [1.82, 2.24) is 15.3 Å². The fraction of sp³-hybridized carbons (Fsp3) is 0.267. The number of benzene rings is 1. The number of rotatable bonds is 5. The first kappa shape index (κ1) is 12.4. The maximum atomic E-state index is 4.36. The summed E-state index contributed by atoms with van der Waals surface area (Å²) >= 11 is 1.72. The number of H-pyrrole nitrogens is 1. The second kappa shape index (κ2) is 5.55. The summed E-state index contributed by atoms with van der Waals surface area (Å²) in [6, 6.07) is 8.52. The van der Waals surface area contributed by atoms with Gasteiger partial charge in [-0.15, -0.1) is 11.3 Å². The highest BCUT2D eigenvalue weighted by molar-refractivity contribution is 7.09. The maximum absolute atomic E-state index is 4.36.